The molecule has 0 atom stereocenters. The molecular weight excluding hydrogens is 272 g/mol. The minimum absolute atomic E-state index is 0.0556. The fourth-order valence-corrected chi connectivity index (χ4v) is 3.66. The molecule has 2 aromatic carbocycles. The summed E-state index contributed by atoms with van der Waals surface area (Å²) in [6.45, 7) is 2.00. The number of hydrogen-bond acceptors (Lipinski definition) is 3. The summed E-state index contributed by atoms with van der Waals surface area (Å²) in [7, 11) is -3.40. The molecule has 0 saturated carbocycles. The highest BCUT2D eigenvalue weighted by atomic mass is 32.2. The van der Waals surface area contributed by atoms with Crippen LogP contribution in [0.15, 0.2) is 58.3 Å². The van der Waals surface area contributed by atoms with E-state index in [1.54, 1.807) is 24.3 Å². The van der Waals surface area contributed by atoms with Gasteiger partial charge in [0.1, 0.15) is 12.4 Å². The van der Waals surface area contributed by atoms with E-state index in [2.05, 4.69) is 0 Å². The van der Waals surface area contributed by atoms with Gasteiger partial charge in [-0.1, -0.05) is 35.9 Å². The van der Waals surface area contributed by atoms with E-state index in [0.717, 1.165) is 11.1 Å². The fraction of sp³-hybridized carbons (Fsp3) is 0.125. The summed E-state index contributed by atoms with van der Waals surface area (Å²) in [4.78, 5) is 0.678. The molecule has 1 aliphatic rings. The Balaban J connectivity index is 1.87. The van der Waals surface area contributed by atoms with Crippen LogP contribution in [0.4, 0.5) is 0 Å². The van der Waals surface area contributed by atoms with Gasteiger partial charge < -0.3 is 4.74 Å². The Labute approximate surface area is 118 Å². The first-order valence-electron chi connectivity index (χ1n) is 6.31. The van der Waals surface area contributed by atoms with Gasteiger partial charge in [0.25, 0.3) is 0 Å². The topological polar surface area (TPSA) is 43.4 Å². The second kappa shape index (κ2) is 4.80. The summed E-state index contributed by atoms with van der Waals surface area (Å²) in [5.74, 6) is 0.663. The molecule has 0 radical (unpaired) electrons. The maximum Gasteiger partial charge on any atom is 0.206 e. The van der Waals surface area contributed by atoms with Crippen molar-refractivity contribution < 1.29 is 13.2 Å². The lowest BCUT2D eigenvalue weighted by molar-refractivity contribution is 0.359. The Hall–Kier alpha value is -2.07. The van der Waals surface area contributed by atoms with Crippen LogP contribution in [0.5, 0.6) is 5.75 Å². The molecule has 0 N–H and O–H groups in total. The molecule has 3 nitrogen and oxygen atoms in total. The zero-order chi connectivity index (χ0) is 14.2. The minimum atomic E-state index is -3.40. The second-order valence-electron chi connectivity index (χ2n) is 4.76. The first-order valence-corrected chi connectivity index (χ1v) is 7.80. The normalized spacial score (nSPS) is 15.6. The molecule has 0 bridgehead atoms. The highest BCUT2D eigenvalue weighted by Gasteiger charge is 2.29. The van der Waals surface area contributed by atoms with E-state index in [9.17, 15) is 8.42 Å². The second-order valence-corrected chi connectivity index (χ2v) is 6.73. The van der Waals surface area contributed by atoms with Crippen molar-refractivity contribution in [2.75, 3.05) is 6.61 Å². The zero-order valence-electron chi connectivity index (χ0n) is 11.0. The molecule has 0 aliphatic carbocycles. The molecule has 0 aromatic heterocycles. The summed E-state index contributed by atoms with van der Waals surface area (Å²) < 4.78 is 30.3. The van der Waals surface area contributed by atoms with Gasteiger partial charge in [-0.05, 0) is 36.8 Å². The van der Waals surface area contributed by atoms with E-state index in [-0.39, 0.29) is 6.61 Å². The van der Waals surface area contributed by atoms with Gasteiger partial charge >= 0.3 is 0 Å². The number of sulfone groups is 1. The average molecular weight is 286 g/mol. The van der Waals surface area contributed by atoms with E-state index in [1.165, 1.54) is 0 Å². The quantitative estimate of drug-likeness (QED) is 0.870. The van der Waals surface area contributed by atoms with Gasteiger partial charge in [0.2, 0.25) is 9.84 Å². The van der Waals surface area contributed by atoms with Crippen LogP contribution in [-0.2, 0) is 9.84 Å². The molecule has 0 spiro atoms. The van der Waals surface area contributed by atoms with Gasteiger partial charge in [-0.15, -0.1) is 0 Å². The molecule has 0 unspecified atom stereocenters. The molecule has 102 valence electrons. The Morgan fingerprint density at radius 3 is 2.55 bits per heavy atom. The standard InChI is InChI=1S/C16H14O3S/c1-12-7-8-16-13(9-12)10-15(20(16,17)18)11-19-14-5-3-2-4-6-14/h2-10H,11H2,1H3. The van der Waals surface area contributed by atoms with Gasteiger partial charge in [0, 0.05) is 0 Å². The lowest BCUT2D eigenvalue weighted by atomic mass is 10.1. The highest BCUT2D eigenvalue weighted by Crippen LogP contribution is 2.33. The van der Waals surface area contributed by atoms with Crippen LogP contribution in [-0.4, -0.2) is 15.0 Å². The molecule has 3 rings (SSSR count). The van der Waals surface area contributed by atoms with E-state index in [4.69, 9.17) is 4.74 Å². The minimum Gasteiger partial charge on any atom is -0.488 e. The number of aryl methyl sites for hydroxylation is 1. The number of benzene rings is 2. The third-order valence-electron chi connectivity index (χ3n) is 3.24. The van der Waals surface area contributed by atoms with Gasteiger partial charge in [-0.25, -0.2) is 8.42 Å². The third kappa shape index (κ3) is 2.23. The summed E-state index contributed by atoms with van der Waals surface area (Å²) in [6.07, 6.45) is 1.70. The van der Waals surface area contributed by atoms with Gasteiger partial charge in [-0.3, -0.25) is 0 Å². The Bertz CT molecular complexity index is 775. The zero-order valence-corrected chi connectivity index (χ0v) is 11.9. The lowest BCUT2D eigenvalue weighted by Gasteiger charge is -2.07. The first kappa shape index (κ1) is 12.9. The van der Waals surface area contributed by atoms with E-state index in [1.807, 2.05) is 37.3 Å². The van der Waals surface area contributed by atoms with Crippen LogP contribution in [0.25, 0.3) is 6.08 Å². The van der Waals surface area contributed by atoms with Crippen LogP contribution in [0.2, 0.25) is 0 Å². The van der Waals surface area contributed by atoms with Crippen molar-refractivity contribution in [1.82, 2.24) is 0 Å². The molecule has 1 aliphatic heterocycles. The van der Waals surface area contributed by atoms with Crippen molar-refractivity contribution in [2.45, 2.75) is 11.8 Å². The monoisotopic (exact) mass is 286 g/mol. The van der Waals surface area contributed by atoms with Crippen LogP contribution in [0.1, 0.15) is 11.1 Å². The van der Waals surface area contributed by atoms with Gasteiger partial charge in [-0.2, -0.15) is 0 Å². The molecule has 4 heteroatoms. The summed E-state index contributed by atoms with van der Waals surface area (Å²) in [5, 5.41) is 0. The van der Waals surface area contributed by atoms with E-state index in [0.29, 0.717) is 15.6 Å². The van der Waals surface area contributed by atoms with Crippen LogP contribution >= 0.6 is 0 Å². The fourth-order valence-electron chi connectivity index (χ4n) is 2.21. The van der Waals surface area contributed by atoms with Crippen LogP contribution in [0.3, 0.4) is 0 Å². The number of rotatable bonds is 3. The number of para-hydroxylation sites is 1. The molecule has 20 heavy (non-hydrogen) atoms. The number of hydrogen-bond donors (Lipinski definition) is 0. The molecular formula is C16H14O3S. The number of fused-ring (bicyclic) bond motifs is 1. The van der Waals surface area contributed by atoms with Gasteiger partial charge in [0.15, 0.2) is 0 Å². The lowest BCUT2D eigenvalue weighted by Crippen LogP contribution is -2.08. The maximum absolute atomic E-state index is 12.4. The van der Waals surface area contributed by atoms with E-state index >= 15 is 0 Å². The first-order chi connectivity index (χ1) is 9.57. The molecule has 1 heterocycles. The number of ether oxygens (including phenoxy) is 1. The summed E-state index contributed by atoms with van der Waals surface area (Å²) in [5.41, 5.74) is 1.79. The van der Waals surface area contributed by atoms with Crippen molar-refractivity contribution in [2.24, 2.45) is 0 Å². The van der Waals surface area contributed by atoms with E-state index < -0.39 is 9.84 Å². The maximum atomic E-state index is 12.4. The predicted molar refractivity (Wildman–Crippen MR) is 78.3 cm³/mol. The van der Waals surface area contributed by atoms with Crippen molar-refractivity contribution in [1.29, 1.82) is 0 Å². The SMILES string of the molecule is Cc1ccc2c(c1)C=C(COc1ccccc1)S2(=O)=O. The Morgan fingerprint density at radius 1 is 1.05 bits per heavy atom. The van der Waals surface area contributed by atoms with Crippen molar-refractivity contribution in [3.63, 3.8) is 0 Å². The highest BCUT2D eigenvalue weighted by molar-refractivity contribution is 7.95. The molecule has 0 amide bonds. The Morgan fingerprint density at radius 2 is 1.80 bits per heavy atom. The van der Waals surface area contributed by atoms with Crippen molar-refractivity contribution in [3.05, 3.63) is 64.6 Å². The van der Waals surface area contributed by atoms with Crippen LogP contribution < -0.4 is 4.74 Å². The summed E-state index contributed by atoms with van der Waals surface area (Å²) in [6, 6.07) is 14.5. The Kier molecular flexibility index (Phi) is 3.10. The smallest absolute Gasteiger partial charge is 0.206 e. The molecule has 0 fully saturated rings. The van der Waals surface area contributed by atoms with Crippen molar-refractivity contribution >= 4 is 15.9 Å². The predicted octanol–water partition coefficient (Wildman–Crippen LogP) is 3.20. The molecule has 2 aromatic rings. The van der Waals surface area contributed by atoms with Gasteiger partial charge in [0.05, 0.1) is 9.80 Å². The largest absolute Gasteiger partial charge is 0.488 e. The average Bonchev–Trinajstić information content (AvgIpc) is 2.68. The molecule has 0 saturated heterocycles. The van der Waals surface area contributed by atoms with Crippen molar-refractivity contribution in [3.8, 4) is 5.75 Å². The van der Waals surface area contributed by atoms with Crippen LogP contribution in [0, 0.1) is 6.92 Å². The summed E-state index contributed by atoms with van der Waals surface area (Å²) >= 11 is 0. The third-order valence-corrected chi connectivity index (χ3v) is 5.12.